The molecule has 2 unspecified atom stereocenters. The zero-order chi connectivity index (χ0) is 30.2. The summed E-state index contributed by atoms with van der Waals surface area (Å²) in [6.45, 7) is 3.91. The van der Waals surface area contributed by atoms with Gasteiger partial charge in [0.05, 0.1) is 36.9 Å². The Hall–Kier alpha value is -5.05. The molecule has 1 aromatic heterocycles. The summed E-state index contributed by atoms with van der Waals surface area (Å²) in [5, 5.41) is 0. The van der Waals surface area contributed by atoms with Crippen LogP contribution in [0, 0.1) is 5.95 Å². The van der Waals surface area contributed by atoms with E-state index in [1.54, 1.807) is 30.2 Å². The van der Waals surface area contributed by atoms with Crippen molar-refractivity contribution in [3.63, 3.8) is 0 Å². The molecule has 2 aliphatic heterocycles. The number of halogens is 1. The van der Waals surface area contributed by atoms with Crippen molar-refractivity contribution in [1.29, 1.82) is 0 Å². The second-order valence-electron chi connectivity index (χ2n) is 10.8. The molecule has 9 heteroatoms. The number of benzene rings is 3. The smallest absolute Gasteiger partial charge is 0.263 e. The van der Waals surface area contributed by atoms with E-state index in [0.29, 0.717) is 28.3 Å². The van der Waals surface area contributed by atoms with Crippen LogP contribution in [0.3, 0.4) is 0 Å². The van der Waals surface area contributed by atoms with Crippen LogP contribution in [0.5, 0.6) is 11.5 Å². The number of imide groups is 1. The fourth-order valence-corrected chi connectivity index (χ4v) is 5.72. The van der Waals surface area contributed by atoms with Gasteiger partial charge in [-0.2, -0.15) is 4.39 Å². The molecule has 3 aromatic carbocycles. The molecule has 6 rings (SSSR count). The first kappa shape index (κ1) is 28.1. The predicted octanol–water partition coefficient (Wildman–Crippen LogP) is 6.15. The number of anilines is 1. The molecule has 0 aliphatic carbocycles. The number of hydrogen-bond acceptors (Lipinski definition) is 6. The number of amides is 3. The highest BCUT2D eigenvalue weighted by Crippen LogP contribution is 2.41. The maximum absolute atomic E-state index is 13.7. The van der Waals surface area contributed by atoms with Crippen LogP contribution in [0.25, 0.3) is 0 Å². The molecular formula is C34H30FN3O5. The number of aryl methyl sites for hydroxylation is 1. The molecule has 4 aromatic rings. The van der Waals surface area contributed by atoms with Crippen LogP contribution in [0.2, 0.25) is 0 Å². The van der Waals surface area contributed by atoms with Gasteiger partial charge in [-0.1, -0.05) is 42.5 Å². The van der Waals surface area contributed by atoms with Crippen molar-refractivity contribution in [1.82, 2.24) is 9.88 Å². The molecule has 3 heterocycles. The molecule has 2 aliphatic rings. The average molecular weight is 580 g/mol. The summed E-state index contributed by atoms with van der Waals surface area (Å²) in [6, 6.07) is 21.7. The van der Waals surface area contributed by atoms with Crippen LogP contribution in [0.1, 0.15) is 74.1 Å². The highest BCUT2D eigenvalue weighted by molar-refractivity contribution is 6.21. The summed E-state index contributed by atoms with van der Waals surface area (Å²) in [7, 11) is 1.58. The van der Waals surface area contributed by atoms with Gasteiger partial charge in [0.2, 0.25) is 5.95 Å². The van der Waals surface area contributed by atoms with Gasteiger partial charge in [0, 0.05) is 29.6 Å². The quantitative estimate of drug-likeness (QED) is 0.175. The van der Waals surface area contributed by atoms with Crippen LogP contribution >= 0.6 is 0 Å². The Labute approximate surface area is 248 Å². The third kappa shape index (κ3) is 5.22. The van der Waals surface area contributed by atoms with E-state index >= 15 is 0 Å². The standard InChI is InChI=1S/C34H30FN3O5/c1-20(9-10-22-7-5-4-6-8-22)43-30-16-24(12-14-29(30)42-3)38-21(2)25-13-11-23(15-26(25)34(38)41)19-37-32(39)27-17-31(35)36-18-28(27)33(37)40/h4-8,11-18,20-21H,9-10,19H2,1-3H3. The van der Waals surface area contributed by atoms with Crippen molar-refractivity contribution in [2.75, 3.05) is 12.0 Å². The minimum absolute atomic E-state index is 0.0125. The number of ether oxygens (including phenoxy) is 2. The largest absolute Gasteiger partial charge is 0.493 e. The fourth-order valence-electron chi connectivity index (χ4n) is 5.72. The summed E-state index contributed by atoms with van der Waals surface area (Å²) in [5.74, 6) is -1.04. The summed E-state index contributed by atoms with van der Waals surface area (Å²) < 4.78 is 25.4. The Morgan fingerprint density at radius 3 is 2.40 bits per heavy atom. The number of hydrogen-bond donors (Lipinski definition) is 0. The van der Waals surface area contributed by atoms with Crippen molar-refractivity contribution in [2.24, 2.45) is 0 Å². The van der Waals surface area contributed by atoms with E-state index in [0.717, 1.165) is 35.6 Å². The van der Waals surface area contributed by atoms with E-state index in [1.165, 1.54) is 5.56 Å². The van der Waals surface area contributed by atoms with Crippen LogP contribution in [0.15, 0.2) is 79.0 Å². The maximum atomic E-state index is 13.7. The Bertz CT molecular complexity index is 1740. The lowest BCUT2D eigenvalue weighted by Gasteiger charge is -2.24. The number of rotatable bonds is 9. The Balaban J connectivity index is 1.20. The highest BCUT2D eigenvalue weighted by atomic mass is 19.1. The van der Waals surface area contributed by atoms with Gasteiger partial charge < -0.3 is 14.4 Å². The monoisotopic (exact) mass is 579 g/mol. The number of methoxy groups -OCH3 is 1. The zero-order valence-electron chi connectivity index (χ0n) is 24.0. The molecule has 0 radical (unpaired) electrons. The van der Waals surface area contributed by atoms with Gasteiger partial charge in [0.1, 0.15) is 0 Å². The molecule has 0 saturated carbocycles. The van der Waals surface area contributed by atoms with Gasteiger partial charge in [-0.3, -0.25) is 19.3 Å². The van der Waals surface area contributed by atoms with Crippen molar-refractivity contribution >= 4 is 23.4 Å². The molecule has 0 bridgehead atoms. The molecule has 2 atom stereocenters. The molecule has 0 saturated heterocycles. The Morgan fingerprint density at radius 1 is 0.860 bits per heavy atom. The van der Waals surface area contributed by atoms with E-state index in [1.807, 2.05) is 50.2 Å². The van der Waals surface area contributed by atoms with Gasteiger partial charge in [-0.05, 0) is 61.6 Å². The maximum Gasteiger partial charge on any atom is 0.263 e. The van der Waals surface area contributed by atoms with Crippen molar-refractivity contribution in [3.05, 3.63) is 118 Å². The minimum atomic E-state index is -0.826. The summed E-state index contributed by atoms with van der Waals surface area (Å²) in [4.78, 5) is 45.7. The van der Waals surface area contributed by atoms with E-state index in [-0.39, 0.29) is 35.7 Å². The van der Waals surface area contributed by atoms with E-state index in [9.17, 15) is 18.8 Å². The lowest BCUT2D eigenvalue weighted by Crippen LogP contribution is -2.29. The van der Waals surface area contributed by atoms with E-state index < -0.39 is 17.8 Å². The van der Waals surface area contributed by atoms with Crippen LogP contribution < -0.4 is 14.4 Å². The van der Waals surface area contributed by atoms with Gasteiger partial charge in [-0.15, -0.1) is 0 Å². The lowest BCUT2D eigenvalue weighted by molar-refractivity contribution is 0.0642. The van der Waals surface area contributed by atoms with Gasteiger partial charge in [-0.25, -0.2) is 4.98 Å². The molecular weight excluding hydrogens is 549 g/mol. The van der Waals surface area contributed by atoms with Gasteiger partial charge in [0.25, 0.3) is 17.7 Å². The molecule has 43 heavy (non-hydrogen) atoms. The zero-order valence-corrected chi connectivity index (χ0v) is 24.0. The minimum Gasteiger partial charge on any atom is -0.493 e. The molecule has 0 N–H and O–H groups in total. The first-order chi connectivity index (χ1) is 20.7. The first-order valence-electron chi connectivity index (χ1n) is 14.1. The topological polar surface area (TPSA) is 89.0 Å². The first-order valence-corrected chi connectivity index (χ1v) is 14.1. The predicted molar refractivity (Wildman–Crippen MR) is 158 cm³/mol. The second-order valence-corrected chi connectivity index (χ2v) is 10.8. The number of nitrogens with zero attached hydrogens (tertiary/aromatic N) is 3. The second kappa shape index (κ2) is 11.3. The van der Waals surface area contributed by atoms with Crippen LogP contribution in [0.4, 0.5) is 10.1 Å². The summed E-state index contributed by atoms with van der Waals surface area (Å²) in [6.07, 6.45) is 2.67. The number of aromatic nitrogens is 1. The normalized spacial score (nSPS) is 16.4. The van der Waals surface area contributed by atoms with Gasteiger partial charge >= 0.3 is 0 Å². The van der Waals surface area contributed by atoms with Crippen molar-refractivity contribution in [3.8, 4) is 11.5 Å². The van der Waals surface area contributed by atoms with Crippen molar-refractivity contribution in [2.45, 2.75) is 45.4 Å². The Morgan fingerprint density at radius 2 is 1.63 bits per heavy atom. The van der Waals surface area contributed by atoms with Crippen LogP contribution in [-0.2, 0) is 13.0 Å². The lowest BCUT2D eigenvalue weighted by atomic mass is 10.0. The average Bonchev–Trinajstić information content (AvgIpc) is 3.40. The third-order valence-electron chi connectivity index (χ3n) is 8.00. The Kier molecular flexibility index (Phi) is 7.39. The van der Waals surface area contributed by atoms with E-state index in [4.69, 9.17) is 9.47 Å². The fraction of sp³-hybridized carbons (Fsp3) is 0.235. The summed E-state index contributed by atoms with van der Waals surface area (Å²) >= 11 is 0. The molecule has 218 valence electrons. The third-order valence-corrected chi connectivity index (χ3v) is 8.00. The number of fused-ring (bicyclic) bond motifs is 2. The number of carbonyl (C=O) groups excluding carboxylic acids is 3. The van der Waals surface area contributed by atoms with Gasteiger partial charge in [0.15, 0.2) is 11.5 Å². The number of carbonyl (C=O) groups is 3. The summed E-state index contributed by atoms with van der Waals surface area (Å²) in [5.41, 5.74) is 3.88. The SMILES string of the molecule is COc1ccc(N2C(=O)c3cc(CN4C(=O)c5cnc(F)cc5C4=O)ccc3C2C)cc1OC(C)CCc1ccccc1. The molecule has 3 amide bonds. The highest BCUT2D eigenvalue weighted by Gasteiger charge is 2.38. The molecule has 0 fully saturated rings. The van der Waals surface area contributed by atoms with Crippen molar-refractivity contribution < 1.29 is 28.2 Å². The van der Waals surface area contributed by atoms with Crippen LogP contribution in [-0.4, -0.2) is 40.8 Å². The van der Waals surface area contributed by atoms with E-state index in [2.05, 4.69) is 17.1 Å². The number of pyridine rings is 1. The molecule has 0 spiro atoms. The molecule has 8 nitrogen and oxygen atoms in total.